The van der Waals surface area contributed by atoms with Crippen LogP contribution < -0.4 is 5.32 Å². The van der Waals surface area contributed by atoms with E-state index in [0.29, 0.717) is 5.89 Å². The predicted molar refractivity (Wildman–Crippen MR) is 88.0 cm³/mol. The van der Waals surface area contributed by atoms with Gasteiger partial charge in [-0.05, 0) is 74.5 Å². The highest BCUT2D eigenvalue weighted by Gasteiger charge is 2.54. The molecule has 4 heteroatoms. The summed E-state index contributed by atoms with van der Waals surface area (Å²) in [6.45, 7) is 1.84. The number of carbonyl (C=O) groups excluding carboxylic acids is 1. The zero-order valence-corrected chi connectivity index (χ0v) is 13.5. The lowest BCUT2D eigenvalue weighted by Crippen LogP contribution is -2.51. The van der Waals surface area contributed by atoms with Crippen molar-refractivity contribution in [1.29, 1.82) is 0 Å². The van der Waals surface area contributed by atoms with E-state index >= 15 is 0 Å². The maximum absolute atomic E-state index is 13.1. The molecule has 1 N–H and O–H groups in total. The van der Waals surface area contributed by atoms with Crippen LogP contribution in [0.4, 0.5) is 5.69 Å². The Morgan fingerprint density at radius 3 is 2.48 bits per heavy atom. The van der Waals surface area contributed by atoms with Crippen LogP contribution in [-0.2, 0) is 4.79 Å². The first-order valence-corrected chi connectivity index (χ1v) is 8.78. The van der Waals surface area contributed by atoms with Gasteiger partial charge < -0.3 is 9.73 Å². The number of benzene rings is 1. The average molecular weight is 310 g/mol. The van der Waals surface area contributed by atoms with Crippen molar-refractivity contribution in [3.63, 3.8) is 0 Å². The van der Waals surface area contributed by atoms with Crippen LogP contribution in [0, 0.1) is 30.1 Å². The number of nitrogens with zero attached hydrogens (tertiary/aromatic N) is 1. The Kier molecular flexibility index (Phi) is 2.71. The van der Waals surface area contributed by atoms with Crippen molar-refractivity contribution in [3.8, 4) is 0 Å². The summed E-state index contributed by atoms with van der Waals surface area (Å²) in [5.41, 5.74) is 2.32. The van der Waals surface area contributed by atoms with Crippen LogP contribution in [0.3, 0.4) is 0 Å². The Hall–Kier alpha value is -1.84. The summed E-state index contributed by atoms with van der Waals surface area (Å²) < 4.78 is 5.50. The van der Waals surface area contributed by atoms with Crippen molar-refractivity contribution in [1.82, 2.24) is 4.98 Å². The van der Waals surface area contributed by atoms with Gasteiger partial charge >= 0.3 is 0 Å². The first-order valence-electron chi connectivity index (χ1n) is 8.78. The molecule has 1 heterocycles. The molecule has 0 atom stereocenters. The van der Waals surface area contributed by atoms with Gasteiger partial charge in [-0.1, -0.05) is 0 Å². The van der Waals surface area contributed by atoms with Crippen molar-refractivity contribution in [2.45, 2.75) is 45.4 Å². The van der Waals surface area contributed by atoms with E-state index < -0.39 is 0 Å². The molecule has 23 heavy (non-hydrogen) atoms. The second-order valence-electron chi connectivity index (χ2n) is 8.07. The van der Waals surface area contributed by atoms with Crippen LogP contribution in [0.1, 0.15) is 44.4 Å². The predicted octanol–water partition coefficient (Wildman–Crippen LogP) is 4.29. The first kappa shape index (κ1) is 13.6. The van der Waals surface area contributed by atoms with Gasteiger partial charge in [-0.15, -0.1) is 0 Å². The number of hydrogen-bond donors (Lipinski definition) is 1. The highest BCUT2D eigenvalue weighted by molar-refractivity contribution is 5.97. The number of rotatable bonds is 2. The van der Waals surface area contributed by atoms with Crippen molar-refractivity contribution < 1.29 is 9.21 Å². The molecular weight excluding hydrogens is 288 g/mol. The van der Waals surface area contributed by atoms with Gasteiger partial charge in [0.25, 0.3) is 0 Å². The topological polar surface area (TPSA) is 55.1 Å². The summed E-state index contributed by atoms with van der Waals surface area (Å²) in [7, 11) is 0. The van der Waals surface area contributed by atoms with Crippen LogP contribution in [0.15, 0.2) is 22.6 Å². The molecule has 1 aromatic carbocycles. The molecule has 4 aliphatic rings. The first-order chi connectivity index (χ1) is 11.1. The van der Waals surface area contributed by atoms with Crippen molar-refractivity contribution >= 4 is 22.7 Å². The third kappa shape index (κ3) is 2.11. The van der Waals surface area contributed by atoms with Gasteiger partial charge in [0.15, 0.2) is 11.5 Å². The summed E-state index contributed by atoms with van der Waals surface area (Å²) in [6.07, 6.45) is 7.35. The normalized spacial score (nSPS) is 34.9. The highest BCUT2D eigenvalue weighted by atomic mass is 16.3. The van der Waals surface area contributed by atoms with Crippen LogP contribution in [0.25, 0.3) is 11.1 Å². The van der Waals surface area contributed by atoms with Crippen molar-refractivity contribution in [2.75, 3.05) is 5.32 Å². The molecule has 2 aromatic rings. The summed E-state index contributed by atoms with van der Waals surface area (Å²) in [5.74, 6) is 3.24. The standard InChI is InChI=1S/C19H22N2O2/c1-11-20-16-7-15(2-3-17(16)23-11)21-18(22)19-8-12-4-13(9-19)6-14(5-12)10-19/h2-3,7,12-14H,4-6,8-10H2,1H3,(H,21,22). The largest absolute Gasteiger partial charge is 0.441 e. The van der Waals surface area contributed by atoms with E-state index in [1.165, 1.54) is 19.3 Å². The second kappa shape index (κ2) is 4.59. The number of amides is 1. The minimum atomic E-state index is -0.108. The maximum Gasteiger partial charge on any atom is 0.230 e. The number of nitrogens with one attached hydrogen (secondary N) is 1. The fourth-order valence-corrected chi connectivity index (χ4v) is 5.77. The zero-order valence-electron chi connectivity index (χ0n) is 13.5. The Bertz CT molecular complexity index is 756. The third-order valence-electron chi connectivity index (χ3n) is 6.27. The quantitative estimate of drug-likeness (QED) is 0.900. The van der Waals surface area contributed by atoms with Gasteiger partial charge in [-0.3, -0.25) is 4.79 Å². The number of fused-ring (bicyclic) bond motifs is 1. The van der Waals surface area contributed by atoms with E-state index in [2.05, 4.69) is 10.3 Å². The Morgan fingerprint density at radius 1 is 1.17 bits per heavy atom. The van der Waals surface area contributed by atoms with Crippen LogP contribution in [0.5, 0.6) is 0 Å². The average Bonchev–Trinajstić information content (AvgIpc) is 2.85. The van der Waals surface area contributed by atoms with Crippen LogP contribution >= 0.6 is 0 Å². The lowest BCUT2D eigenvalue weighted by molar-refractivity contribution is -0.140. The number of anilines is 1. The zero-order chi connectivity index (χ0) is 15.6. The minimum absolute atomic E-state index is 0.108. The fourth-order valence-electron chi connectivity index (χ4n) is 5.77. The van der Waals surface area contributed by atoms with E-state index in [9.17, 15) is 4.79 Å². The third-order valence-corrected chi connectivity index (χ3v) is 6.27. The van der Waals surface area contributed by atoms with Gasteiger partial charge in [0.05, 0.1) is 5.41 Å². The van der Waals surface area contributed by atoms with Gasteiger partial charge in [-0.25, -0.2) is 4.98 Å². The molecule has 0 saturated heterocycles. The number of carbonyl (C=O) groups is 1. The number of hydrogen-bond acceptors (Lipinski definition) is 3. The molecule has 4 fully saturated rings. The molecule has 1 amide bonds. The van der Waals surface area contributed by atoms with Gasteiger partial charge in [0.1, 0.15) is 5.52 Å². The van der Waals surface area contributed by atoms with E-state index in [0.717, 1.165) is 53.8 Å². The molecule has 120 valence electrons. The Morgan fingerprint density at radius 2 is 1.83 bits per heavy atom. The molecule has 4 nitrogen and oxygen atoms in total. The lowest BCUT2D eigenvalue weighted by atomic mass is 9.49. The van der Waals surface area contributed by atoms with Crippen molar-refractivity contribution in [2.24, 2.45) is 23.2 Å². The number of aromatic nitrogens is 1. The smallest absolute Gasteiger partial charge is 0.230 e. The summed E-state index contributed by atoms with van der Waals surface area (Å²) >= 11 is 0. The van der Waals surface area contributed by atoms with Crippen LogP contribution in [0.2, 0.25) is 0 Å². The summed E-state index contributed by atoms with van der Waals surface area (Å²) in [4.78, 5) is 17.4. The summed E-state index contributed by atoms with van der Waals surface area (Å²) in [5, 5.41) is 3.18. The van der Waals surface area contributed by atoms with Gasteiger partial charge in [-0.2, -0.15) is 0 Å². The van der Waals surface area contributed by atoms with Crippen LogP contribution in [-0.4, -0.2) is 10.9 Å². The molecule has 1 aromatic heterocycles. The lowest BCUT2D eigenvalue weighted by Gasteiger charge is -2.55. The van der Waals surface area contributed by atoms with E-state index in [1.807, 2.05) is 25.1 Å². The van der Waals surface area contributed by atoms with E-state index in [-0.39, 0.29) is 11.3 Å². The SMILES string of the molecule is Cc1nc2cc(NC(=O)C34CC5CC(CC(C5)C3)C4)ccc2o1. The molecule has 0 unspecified atom stereocenters. The molecule has 4 aliphatic carbocycles. The monoisotopic (exact) mass is 310 g/mol. The Labute approximate surface area is 135 Å². The highest BCUT2D eigenvalue weighted by Crippen LogP contribution is 2.60. The van der Waals surface area contributed by atoms with E-state index in [1.54, 1.807) is 0 Å². The molecule has 4 saturated carbocycles. The maximum atomic E-state index is 13.1. The summed E-state index contributed by atoms with van der Waals surface area (Å²) in [6, 6.07) is 5.74. The minimum Gasteiger partial charge on any atom is -0.441 e. The van der Waals surface area contributed by atoms with Gasteiger partial charge in [0, 0.05) is 12.6 Å². The van der Waals surface area contributed by atoms with Gasteiger partial charge in [0.2, 0.25) is 5.91 Å². The van der Waals surface area contributed by atoms with E-state index in [4.69, 9.17) is 4.42 Å². The molecule has 4 bridgehead atoms. The van der Waals surface area contributed by atoms with Crippen molar-refractivity contribution in [3.05, 3.63) is 24.1 Å². The molecule has 0 radical (unpaired) electrons. The molecule has 0 aliphatic heterocycles. The second-order valence-corrected chi connectivity index (χ2v) is 8.07. The molecular formula is C19H22N2O2. The molecule has 6 rings (SSSR count). The fraction of sp³-hybridized carbons (Fsp3) is 0.579. The number of aryl methyl sites for hydroxylation is 1. The Balaban J connectivity index is 1.41. The number of oxazole rings is 1. The molecule has 0 spiro atoms.